The second-order valence-electron chi connectivity index (χ2n) is 5.63. The number of methoxy groups -OCH3 is 1. The number of benzene rings is 1. The standard InChI is InChI=1S/C16H21F2NO3/c1-16(2,3)22-15(20)19-8-6-5-7-11-9-12(17)10-13(18)14(11)21-4/h5,7,9-10H,6,8H2,1-4H3,(H,19,20). The Morgan fingerprint density at radius 2 is 2.00 bits per heavy atom. The molecule has 0 saturated heterocycles. The predicted octanol–water partition coefficient (Wildman–Crippen LogP) is 3.90. The second-order valence-corrected chi connectivity index (χ2v) is 5.63. The van der Waals surface area contributed by atoms with Crippen molar-refractivity contribution in [3.05, 3.63) is 35.4 Å². The molecule has 122 valence electrons. The lowest BCUT2D eigenvalue weighted by Crippen LogP contribution is -2.32. The van der Waals surface area contributed by atoms with Crippen LogP contribution in [0.3, 0.4) is 0 Å². The van der Waals surface area contributed by atoms with E-state index in [9.17, 15) is 13.6 Å². The molecule has 0 bridgehead atoms. The van der Waals surface area contributed by atoms with Gasteiger partial charge in [0.2, 0.25) is 0 Å². The SMILES string of the molecule is COc1c(F)cc(F)cc1C=CCCNC(=O)OC(C)(C)C. The predicted molar refractivity (Wildman–Crippen MR) is 80.8 cm³/mol. The number of ether oxygens (including phenoxy) is 2. The summed E-state index contributed by atoms with van der Waals surface area (Å²) in [6.45, 7) is 5.68. The molecule has 0 fully saturated rings. The van der Waals surface area contributed by atoms with Crippen LogP contribution >= 0.6 is 0 Å². The van der Waals surface area contributed by atoms with Crippen molar-refractivity contribution in [1.82, 2.24) is 5.32 Å². The Balaban J connectivity index is 2.52. The number of hydrogen-bond acceptors (Lipinski definition) is 3. The van der Waals surface area contributed by atoms with Crippen LogP contribution < -0.4 is 10.1 Å². The number of carbonyl (C=O) groups is 1. The van der Waals surface area contributed by atoms with Gasteiger partial charge >= 0.3 is 6.09 Å². The van der Waals surface area contributed by atoms with E-state index in [-0.39, 0.29) is 5.75 Å². The van der Waals surface area contributed by atoms with Gasteiger partial charge in [0.15, 0.2) is 11.6 Å². The lowest BCUT2D eigenvalue weighted by atomic mass is 10.1. The number of amides is 1. The molecule has 0 aromatic heterocycles. The second kappa shape index (κ2) is 7.77. The summed E-state index contributed by atoms with van der Waals surface area (Å²) in [5, 5.41) is 2.59. The van der Waals surface area contributed by atoms with E-state index in [0.29, 0.717) is 18.5 Å². The largest absolute Gasteiger partial charge is 0.493 e. The zero-order chi connectivity index (χ0) is 16.8. The first-order valence-electron chi connectivity index (χ1n) is 6.89. The van der Waals surface area contributed by atoms with Gasteiger partial charge in [0.1, 0.15) is 11.4 Å². The number of hydrogen-bond donors (Lipinski definition) is 1. The number of alkyl carbamates (subject to hydrolysis) is 1. The van der Waals surface area contributed by atoms with Crippen molar-refractivity contribution >= 4 is 12.2 Å². The molecular weight excluding hydrogens is 292 g/mol. The number of carbonyl (C=O) groups excluding carboxylic acids is 1. The third kappa shape index (κ3) is 6.11. The highest BCUT2D eigenvalue weighted by Crippen LogP contribution is 2.25. The lowest BCUT2D eigenvalue weighted by Gasteiger charge is -2.19. The van der Waals surface area contributed by atoms with Crippen molar-refractivity contribution in [3.63, 3.8) is 0 Å². The first-order chi connectivity index (χ1) is 10.2. The Hall–Kier alpha value is -2.11. The van der Waals surface area contributed by atoms with Crippen LogP contribution in [-0.2, 0) is 4.74 Å². The fourth-order valence-corrected chi connectivity index (χ4v) is 1.70. The summed E-state index contributed by atoms with van der Waals surface area (Å²) in [5.74, 6) is -1.45. The summed E-state index contributed by atoms with van der Waals surface area (Å²) < 4.78 is 36.6. The molecule has 1 rings (SSSR count). The van der Waals surface area contributed by atoms with Crippen LogP contribution in [0.2, 0.25) is 0 Å². The zero-order valence-electron chi connectivity index (χ0n) is 13.2. The number of rotatable bonds is 5. The molecule has 0 heterocycles. The molecule has 0 saturated carbocycles. The van der Waals surface area contributed by atoms with Gasteiger partial charge < -0.3 is 14.8 Å². The summed E-state index contributed by atoms with van der Waals surface area (Å²) >= 11 is 0. The summed E-state index contributed by atoms with van der Waals surface area (Å²) in [5.41, 5.74) is -0.246. The maximum Gasteiger partial charge on any atom is 0.407 e. The van der Waals surface area contributed by atoms with Crippen LogP contribution in [0.25, 0.3) is 6.08 Å². The molecule has 1 amide bonds. The van der Waals surface area contributed by atoms with E-state index < -0.39 is 23.3 Å². The summed E-state index contributed by atoms with van der Waals surface area (Å²) in [6, 6.07) is 1.94. The Morgan fingerprint density at radius 3 is 2.59 bits per heavy atom. The van der Waals surface area contributed by atoms with E-state index >= 15 is 0 Å². The minimum atomic E-state index is -0.756. The average Bonchev–Trinajstić information content (AvgIpc) is 2.35. The van der Waals surface area contributed by atoms with Crippen molar-refractivity contribution in [2.24, 2.45) is 0 Å². The molecule has 1 aromatic rings. The minimum Gasteiger partial charge on any atom is -0.493 e. The highest BCUT2D eigenvalue weighted by atomic mass is 19.1. The summed E-state index contributed by atoms with van der Waals surface area (Å²) in [6.07, 6.45) is 3.21. The van der Waals surface area contributed by atoms with Crippen molar-refractivity contribution in [3.8, 4) is 5.75 Å². The average molecular weight is 313 g/mol. The monoisotopic (exact) mass is 313 g/mol. The third-order valence-corrected chi connectivity index (χ3v) is 2.52. The molecule has 0 aliphatic carbocycles. The molecule has 0 unspecified atom stereocenters. The van der Waals surface area contributed by atoms with E-state index in [1.807, 2.05) is 0 Å². The smallest absolute Gasteiger partial charge is 0.407 e. The van der Waals surface area contributed by atoms with E-state index in [1.165, 1.54) is 13.2 Å². The quantitative estimate of drug-likeness (QED) is 0.839. The molecule has 1 N–H and O–H groups in total. The Morgan fingerprint density at radius 1 is 1.32 bits per heavy atom. The first-order valence-corrected chi connectivity index (χ1v) is 6.89. The topological polar surface area (TPSA) is 47.6 Å². The van der Waals surface area contributed by atoms with Crippen LogP contribution in [-0.4, -0.2) is 25.3 Å². The molecule has 1 aromatic carbocycles. The fraction of sp³-hybridized carbons (Fsp3) is 0.438. The maximum absolute atomic E-state index is 13.5. The molecule has 4 nitrogen and oxygen atoms in total. The minimum absolute atomic E-state index is 0.0160. The van der Waals surface area contributed by atoms with Gasteiger partial charge in [-0.3, -0.25) is 0 Å². The Bertz CT molecular complexity index is 551. The van der Waals surface area contributed by atoms with Gasteiger partial charge in [0.05, 0.1) is 7.11 Å². The van der Waals surface area contributed by atoms with Gasteiger partial charge in [-0.25, -0.2) is 13.6 Å². The van der Waals surface area contributed by atoms with Crippen LogP contribution in [0, 0.1) is 11.6 Å². The molecule has 6 heteroatoms. The Labute approximate surface area is 129 Å². The van der Waals surface area contributed by atoms with Crippen molar-refractivity contribution in [1.29, 1.82) is 0 Å². The summed E-state index contributed by atoms with van der Waals surface area (Å²) in [7, 11) is 1.32. The van der Waals surface area contributed by atoms with Crippen molar-refractivity contribution in [2.45, 2.75) is 32.8 Å². The van der Waals surface area contributed by atoms with E-state index in [2.05, 4.69) is 5.32 Å². The van der Waals surface area contributed by atoms with Gasteiger partial charge in [-0.1, -0.05) is 12.2 Å². The first kappa shape index (κ1) is 17.9. The highest BCUT2D eigenvalue weighted by molar-refractivity contribution is 5.67. The zero-order valence-corrected chi connectivity index (χ0v) is 13.2. The van der Waals surface area contributed by atoms with Crippen LogP contribution in [0.1, 0.15) is 32.8 Å². The van der Waals surface area contributed by atoms with Gasteiger partial charge in [-0.2, -0.15) is 0 Å². The molecule has 22 heavy (non-hydrogen) atoms. The third-order valence-electron chi connectivity index (χ3n) is 2.52. The molecule has 0 aliphatic rings. The van der Waals surface area contributed by atoms with Gasteiger partial charge in [-0.15, -0.1) is 0 Å². The van der Waals surface area contributed by atoms with Gasteiger partial charge in [0.25, 0.3) is 0 Å². The van der Waals surface area contributed by atoms with Gasteiger partial charge in [0, 0.05) is 18.2 Å². The molecule has 0 aliphatic heterocycles. The van der Waals surface area contributed by atoms with E-state index in [1.54, 1.807) is 32.9 Å². The number of nitrogens with one attached hydrogen (secondary N) is 1. The van der Waals surface area contributed by atoms with Crippen molar-refractivity contribution < 1.29 is 23.0 Å². The molecule has 0 spiro atoms. The highest BCUT2D eigenvalue weighted by Gasteiger charge is 2.15. The van der Waals surface area contributed by atoms with Crippen LogP contribution in [0.5, 0.6) is 5.75 Å². The summed E-state index contributed by atoms with van der Waals surface area (Å²) in [4.78, 5) is 11.4. The molecule has 0 atom stereocenters. The molecular formula is C16H21F2NO3. The van der Waals surface area contributed by atoms with Gasteiger partial charge in [-0.05, 0) is 33.3 Å². The van der Waals surface area contributed by atoms with E-state index in [0.717, 1.165) is 6.07 Å². The van der Waals surface area contributed by atoms with Crippen molar-refractivity contribution in [2.75, 3.05) is 13.7 Å². The number of halogens is 2. The Kier molecular flexibility index (Phi) is 6.34. The van der Waals surface area contributed by atoms with E-state index in [4.69, 9.17) is 9.47 Å². The van der Waals surface area contributed by atoms with Crippen LogP contribution in [0.4, 0.5) is 13.6 Å². The molecule has 0 radical (unpaired) electrons. The normalized spacial score (nSPS) is 11.5. The lowest BCUT2D eigenvalue weighted by molar-refractivity contribution is 0.0529. The fourth-order valence-electron chi connectivity index (χ4n) is 1.70. The maximum atomic E-state index is 13.5. The van der Waals surface area contributed by atoms with Crippen LogP contribution in [0.15, 0.2) is 18.2 Å².